The molecule has 1 aromatic rings. The Bertz CT molecular complexity index is 462. The molecule has 0 aliphatic rings. The third-order valence-electron chi connectivity index (χ3n) is 1.53. The van der Waals surface area contributed by atoms with E-state index in [0.29, 0.717) is 0 Å². The highest BCUT2D eigenvalue weighted by Crippen LogP contribution is 1.99. The summed E-state index contributed by atoms with van der Waals surface area (Å²) in [6, 6.07) is 0. The van der Waals surface area contributed by atoms with Gasteiger partial charge in [0.25, 0.3) is 11.5 Å². The normalized spacial score (nSPS) is 9.79. The number of H-pyrrole nitrogens is 1. The van der Waals surface area contributed by atoms with Gasteiger partial charge in [-0.15, -0.1) is 0 Å². The van der Waals surface area contributed by atoms with Gasteiger partial charge in [-0.25, -0.2) is 9.78 Å². The van der Waals surface area contributed by atoms with Gasteiger partial charge in [0.1, 0.15) is 5.69 Å². The topological polar surface area (TPSA) is 126 Å². The molecule has 74 valence electrons. The fraction of sp³-hybridized carbons (Fsp3) is 0.143. The predicted molar refractivity (Wildman–Crippen MR) is 45.1 cm³/mol. The van der Waals surface area contributed by atoms with Gasteiger partial charge >= 0.3 is 5.97 Å². The Morgan fingerprint density at radius 1 is 1.50 bits per heavy atom. The highest BCUT2D eigenvalue weighted by molar-refractivity contribution is 6.01. The summed E-state index contributed by atoms with van der Waals surface area (Å²) in [7, 11) is 0. The number of hydrogen-bond donors (Lipinski definition) is 3. The minimum atomic E-state index is -1.46. The van der Waals surface area contributed by atoms with E-state index in [-0.39, 0.29) is 5.69 Å². The number of nitrogens with zero attached hydrogens (tertiary/aromatic N) is 1. The maximum Gasteiger partial charge on any atom is 0.354 e. The molecule has 0 fully saturated rings. The summed E-state index contributed by atoms with van der Waals surface area (Å²) < 4.78 is 0. The molecule has 0 aliphatic carbocycles. The molecule has 7 heteroatoms. The van der Waals surface area contributed by atoms with Crippen LogP contribution in [0.15, 0.2) is 4.79 Å². The van der Waals surface area contributed by atoms with Gasteiger partial charge < -0.3 is 15.8 Å². The molecule has 1 heterocycles. The Morgan fingerprint density at radius 3 is 2.50 bits per heavy atom. The van der Waals surface area contributed by atoms with Gasteiger partial charge in [-0.3, -0.25) is 9.59 Å². The van der Waals surface area contributed by atoms with Gasteiger partial charge in [0, 0.05) is 0 Å². The van der Waals surface area contributed by atoms with E-state index in [1.807, 2.05) is 4.98 Å². The van der Waals surface area contributed by atoms with Crippen LogP contribution in [0.5, 0.6) is 0 Å². The lowest BCUT2D eigenvalue weighted by Crippen LogP contribution is -2.26. The van der Waals surface area contributed by atoms with E-state index < -0.39 is 28.8 Å². The molecular formula is C7H7N3O4. The van der Waals surface area contributed by atoms with Crippen LogP contribution in [-0.4, -0.2) is 27.0 Å². The van der Waals surface area contributed by atoms with Gasteiger partial charge in [0.05, 0.1) is 0 Å². The van der Waals surface area contributed by atoms with E-state index >= 15 is 0 Å². The summed E-state index contributed by atoms with van der Waals surface area (Å²) in [5.41, 5.74) is 3.18. The van der Waals surface area contributed by atoms with Gasteiger partial charge in [-0.1, -0.05) is 0 Å². The average Bonchev–Trinajstić information content (AvgIpc) is 2.08. The summed E-state index contributed by atoms with van der Waals surface area (Å²) in [6.07, 6.45) is 0. The van der Waals surface area contributed by atoms with Crippen molar-refractivity contribution in [2.75, 3.05) is 0 Å². The number of carboxylic acids is 1. The fourth-order valence-electron chi connectivity index (χ4n) is 0.871. The van der Waals surface area contributed by atoms with Gasteiger partial charge in [0.2, 0.25) is 0 Å². The predicted octanol–water partition coefficient (Wildman–Crippen LogP) is -1.12. The van der Waals surface area contributed by atoms with Crippen molar-refractivity contribution >= 4 is 11.9 Å². The van der Waals surface area contributed by atoms with E-state index in [1.54, 1.807) is 0 Å². The molecule has 1 amide bonds. The molecule has 1 aromatic heterocycles. The third-order valence-corrected chi connectivity index (χ3v) is 1.53. The Hall–Kier alpha value is -2.18. The molecule has 0 aliphatic heterocycles. The molecule has 0 unspecified atom stereocenters. The van der Waals surface area contributed by atoms with E-state index in [4.69, 9.17) is 10.8 Å². The van der Waals surface area contributed by atoms with Crippen molar-refractivity contribution in [3.8, 4) is 0 Å². The molecule has 14 heavy (non-hydrogen) atoms. The van der Waals surface area contributed by atoms with Crippen LogP contribution in [0.2, 0.25) is 0 Å². The molecule has 4 N–H and O–H groups in total. The number of aromatic amines is 1. The number of aromatic nitrogens is 2. The SMILES string of the molecule is Cc1nc(C(N)=O)c(C(=O)O)[nH]c1=O. The quantitative estimate of drug-likeness (QED) is 0.553. The number of carbonyl (C=O) groups excluding carboxylic acids is 1. The molecule has 0 spiro atoms. The van der Waals surface area contributed by atoms with Crippen LogP contribution in [0.3, 0.4) is 0 Å². The highest BCUT2D eigenvalue weighted by atomic mass is 16.4. The maximum atomic E-state index is 11.0. The Kier molecular flexibility index (Phi) is 2.32. The van der Waals surface area contributed by atoms with Gasteiger partial charge in [-0.2, -0.15) is 0 Å². The second-order valence-electron chi connectivity index (χ2n) is 2.54. The number of carbonyl (C=O) groups is 2. The maximum absolute atomic E-state index is 11.0. The third kappa shape index (κ3) is 1.60. The van der Waals surface area contributed by atoms with Crippen LogP contribution >= 0.6 is 0 Å². The van der Waals surface area contributed by atoms with Crippen molar-refractivity contribution in [2.24, 2.45) is 5.73 Å². The number of nitrogens with two attached hydrogens (primary N) is 1. The molecule has 7 nitrogen and oxygen atoms in total. The van der Waals surface area contributed by atoms with E-state index in [1.165, 1.54) is 6.92 Å². The van der Waals surface area contributed by atoms with Gasteiger partial charge in [-0.05, 0) is 6.92 Å². The first-order chi connectivity index (χ1) is 6.43. The molecule has 0 saturated heterocycles. The smallest absolute Gasteiger partial charge is 0.354 e. The molecule has 0 aromatic carbocycles. The lowest BCUT2D eigenvalue weighted by molar-refractivity contribution is 0.0684. The first kappa shape index (κ1) is 9.90. The Morgan fingerprint density at radius 2 is 2.07 bits per heavy atom. The minimum absolute atomic E-state index is 0.0104. The monoisotopic (exact) mass is 197 g/mol. The molecule has 1 rings (SSSR count). The first-order valence-corrected chi connectivity index (χ1v) is 3.57. The molecule has 0 saturated carbocycles. The van der Waals surface area contributed by atoms with Gasteiger partial charge in [0.15, 0.2) is 11.4 Å². The molecular weight excluding hydrogens is 190 g/mol. The van der Waals surface area contributed by atoms with Crippen LogP contribution in [0.4, 0.5) is 0 Å². The number of rotatable bonds is 2. The van der Waals surface area contributed by atoms with Crippen LogP contribution < -0.4 is 11.3 Å². The van der Waals surface area contributed by atoms with Crippen molar-refractivity contribution in [1.29, 1.82) is 0 Å². The Balaban J connectivity index is 3.55. The first-order valence-electron chi connectivity index (χ1n) is 3.57. The minimum Gasteiger partial charge on any atom is -0.477 e. The zero-order valence-electron chi connectivity index (χ0n) is 7.20. The number of primary amides is 1. The van der Waals surface area contributed by atoms with Crippen LogP contribution in [0.25, 0.3) is 0 Å². The lowest BCUT2D eigenvalue weighted by atomic mass is 10.3. The van der Waals surface area contributed by atoms with Crippen molar-refractivity contribution < 1.29 is 14.7 Å². The highest BCUT2D eigenvalue weighted by Gasteiger charge is 2.18. The van der Waals surface area contributed by atoms with Crippen molar-refractivity contribution in [2.45, 2.75) is 6.92 Å². The van der Waals surface area contributed by atoms with Crippen LogP contribution in [-0.2, 0) is 0 Å². The zero-order chi connectivity index (χ0) is 10.9. The number of carboxylic acid groups (broad SMARTS) is 1. The summed E-state index contributed by atoms with van der Waals surface area (Å²) in [5, 5.41) is 8.61. The summed E-state index contributed by atoms with van der Waals surface area (Å²) >= 11 is 0. The lowest BCUT2D eigenvalue weighted by Gasteiger charge is -2.01. The second-order valence-corrected chi connectivity index (χ2v) is 2.54. The number of aromatic carboxylic acids is 1. The number of nitrogens with one attached hydrogen (secondary N) is 1. The number of hydrogen-bond acceptors (Lipinski definition) is 4. The van der Waals surface area contributed by atoms with Crippen molar-refractivity contribution in [3.05, 3.63) is 27.4 Å². The Labute approximate surface area is 77.6 Å². The van der Waals surface area contributed by atoms with Crippen LogP contribution in [0, 0.1) is 6.92 Å². The van der Waals surface area contributed by atoms with E-state index in [2.05, 4.69) is 4.98 Å². The molecule has 0 radical (unpaired) electrons. The number of aryl methyl sites for hydroxylation is 1. The fourth-order valence-corrected chi connectivity index (χ4v) is 0.871. The molecule has 0 atom stereocenters. The van der Waals surface area contributed by atoms with Crippen molar-refractivity contribution in [1.82, 2.24) is 9.97 Å². The summed E-state index contributed by atoms with van der Waals surface area (Å²) in [6.45, 7) is 1.34. The van der Waals surface area contributed by atoms with Crippen molar-refractivity contribution in [3.63, 3.8) is 0 Å². The average molecular weight is 197 g/mol. The number of amides is 1. The molecule has 0 bridgehead atoms. The zero-order valence-corrected chi connectivity index (χ0v) is 7.20. The van der Waals surface area contributed by atoms with E-state index in [0.717, 1.165) is 0 Å². The van der Waals surface area contributed by atoms with E-state index in [9.17, 15) is 14.4 Å². The largest absolute Gasteiger partial charge is 0.477 e. The second kappa shape index (κ2) is 3.29. The standard InChI is InChI=1S/C7H7N3O4/c1-2-6(12)10-4(7(13)14)3(9-2)5(8)11/h1H3,(H2,8,11)(H,10,12)(H,13,14). The summed E-state index contributed by atoms with van der Waals surface area (Å²) in [5.74, 6) is -2.45. The summed E-state index contributed by atoms with van der Waals surface area (Å²) in [4.78, 5) is 37.8. The van der Waals surface area contributed by atoms with Crippen LogP contribution in [0.1, 0.15) is 26.7 Å².